The summed E-state index contributed by atoms with van der Waals surface area (Å²) in [7, 11) is 0. The average Bonchev–Trinajstić information content (AvgIpc) is 2.37. The number of aliphatic carboxylic acids is 1. The molecule has 9 heteroatoms. The molecule has 3 N–H and O–H groups in total. The Kier molecular flexibility index (Phi) is 4.43. The van der Waals surface area contributed by atoms with E-state index in [1.807, 2.05) is 0 Å². The van der Waals surface area contributed by atoms with Crippen molar-refractivity contribution in [2.45, 2.75) is 6.10 Å². The normalized spacial score (nSPS) is 12.1. The molecule has 0 aromatic heterocycles. The predicted octanol–water partition coefficient (Wildman–Crippen LogP) is 0.418. The Morgan fingerprint density at radius 1 is 1.16 bits per heavy atom. The second kappa shape index (κ2) is 5.65. The zero-order chi connectivity index (χ0) is 14.7. The summed E-state index contributed by atoms with van der Waals surface area (Å²) in [6.45, 7) is -0.811. The van der Waals surface area contributed by atoms with Crippen LogP contribution in [0.1, 0.15) is 10.4 Å². The van der Waals surface area contributed by atoms with Gasteiger partial charge in [0.05, 0.1) is 12.1 Å². The molecule has 0 fully saturated rings. The van der Waals surface area contributed by atoms with Gasteiger partial charge in [0.25, 0.3) is 5.91 Å². The van der Waals surface area contributed by atoms with Gasteiger partial charge in [0.15, 0.2) is 29.4 Å². The minimum atomic E-state index is -2.16. The van der Waals surface area contributed by atoms with Gasteiger partial charge in [0.2, 0.25) is 0 Å². The van der Waals surface area contributed by atoms with E-state index >= 15 is 0 Å². The number of carbonyl (C=O) groups excluding carboxylic acids is 1. The van der Waals surface area contributed by atoms with E-state index in [0.29, 0.717) is 0 Å². The van der Waals surface area contributed by atoms with Gasteiger partial charge in [-0.3, -0.25) is 4.79 Å². The number of nitrogens with one attached hydrogen (secondary N) is 1. The lowest BCUT2D eigenvalue weighted by Crippen LogP contribution is -2.37. The smallest absolute Gasteiger partial charge is 0.334 e. The minimum absolute atomic E-state index is 0.121. The number of carboxylic acid groups (broad SMARTS) is 1. The highest BCUT2D eigenvalue weighted by Crippen LogP contribution is 2.18. The molecule has 0 spiro atoms. The molecule has 1 aromatic rings. The molecule has 0 aliphatic carbocycles. The number of halogens is 4. The highest BCUT2D eigenvalue weighted by atomic mass is 19.2. The van der Waals surface area contributed by atoms with Crippen molar-refractivity contribution >= 4 is 11.9 Å². The van der Waals surface area contributed by atoms with Crippen molar-refractivity contribution in [1.29, 1.82) is 0 Å². The van der Waals surface area contributed by atoms with Crippen LogP contribution < -0.4 is 5.32 Å². The molecular weight excluding hydrogens is 274 g/mol. The molecule has 0 radical (unpaired) electrons. The van der Waals surface area contributed by atoms with Crippen molar-refractivity contribution in [3.8, 4) is 0 Å². The number of carbonyl (C=O) groups is 2. The molecule has 0 saturated carbocycles. The van der Waals surface area contributed by atoms with Gasteiger partial charge in [-0.05, 0) is 6.07 Å². The van der Waals surface area contributed by atoms with Crippen LogP contribution in [0.3, 0.4) is 0 Å². The molecule has 1 aromatic carbocycles. The van der Waals surface area contributed by atoms with Gasteiger partial charge in [-0.25, -0.2) is 22.4 Å². The van der Waals surface area contributed by atoms with Crippen molar-refractivity contribution in [2.75, 3.05) is 6.54 Å². The summed E-state index contributed by atoms with van der Waals surface area (Å²) in [6, 6.07) is 0.121. The number of rotatable bonds is 4. The number of hydrogen-bond acceptors (Lipinski definition) is 3. The maximum Gasteiger partial charge on any atom is 0.334 e. The van der Waals surface area contributed by atoms with Gasteiger partial charge in [-0.1, -0.05) is 0 Å². The largest absolute Gasteiger partial charge is 0.479 e. The average molecular weight is 281 g/mol. The zero-order valence-electron chi connectivity index (χ0n) is 9.08. The van der Waals surface area contributed by atoms with Crippen LogP contribution in [0.25, 0.3) is 0 Å². The molecule has 0 bridgehead atoms. The monoisotopic (exact) mass is 281 g/mol. The van der Waals surface area contributed by atoms with Crippen LogP contribution in [-0.2, 0) is 4.79 Å². The molecule has 0 heterocycles. The van der Waals surface area contributed by atoms with E-state index in [2.05, 4.69) is 0 Å². The Morgan fingerprint density at radius 3 is 2.26 bits per heavy atom. The lowest BCUT2D eigenvalue weighted by Gasteiger charge is -2.09. The molecule has 0 aliphatic heterocycles. The highest BCUT2D eigenvalue weighted by molar-refractivity contribution is 5.94. The maximum atomic E-state index is 13.2. The maximum absolute atomic E-state index is 13.2. The molecule has 0 saturated heterocycles. The van der Waals surface area contributed by atoms with E-state index in [9.17, 15) is 27.2 Å². The first-order valence-electron chi connectivity index (χ1n) is 4.77. The van der Waals surface area contributed by atoms with Crippen molar-refractivity contribution in [3.63, 3.8) is 0 Å². The zero-order valence-corrected chi connectivity index (χ0v) is 9.08. The predicted molar refractivity (Wildman–Crippen MR) is 52.2 cm³/mol. The van der Waals surface area contributed by atoms with Gasteiger partial charge < -0.3 is 15.5 Å². The fourth-order valence-electron chi connectivity index (χ4n) is 1.11. The van der Waals surface area contributed by atoms with Crippen LogP contribution in [0.2, 0.25) is 0 Å². The van der Waals surface area contributed by atoms with E-state index in [1.54, 1.807) is 5.32 Å². The van der Waals surface area contributed by atoms with Crippen LogP contribution in [0.5, 0.6) is 0 Å². The second-order valence-corrected chi connectivity index (χ2v) is 3.41. The Labute approximate surface area is 103 Å². The third-order valence-corrected chi connectivity index (χ3v) is 2.09. The summed E-state index contributed by atoms with van der Waals surface area (Å²) in [5, 5.41) is 18.9. The quantitative estimate of drug-likeness (QED) is 0.424. The van der Waals surface area contributed by atoms with Crippen LogP contribution in [0, 0.1) is 23.3 Å². The van der Waals surface area contributed by atoms with E-state index in [4.69, 9.17) is 10.2 Å². The van der Waals surface area contributed by atoms with Gasteiger partial charge in [0, 0.05) is 0 Å². The van der Waals surface area contributed by atoms with Gasteiger partial charge in [-0.2, -0.15) is 0 Å². The summed E-state index contributed by atoms with van der Waals surface area (Å²) in [6.07, 6.45) is -1.97. The number of hydrogen-bond donors (Lipinski definition) is 3. The van der Waals surface area contributed by atoms with Crippen molar-refractivity contribution in [2.24, 2.45) is 0 Å². The first-order valence-corrected chi connectivity index (χ1v) is 4.77. The van der Waals surface area contributed by atoms with Crippen molar-refractivity contribution < 1.29 is 37.4 Å². The second-order valence-electron chi connectivity index (χ2n) is 3.41. The molecule has 1 atom stereocenters. The van der Waals surface area contributed by atoms with Crippen LogP contribution in [0.15, 0.2) is 6.07 Å². The van der Waals surface area contributed by atoms with E-state index < -0.39 is 53.4 Å². The third kappa shape index (κ3) is 3.19. The van der Waals surface area contributed by atoms with Crippen LogP contribution in [0.4, 0.5) is 17.6 Å². The molecule has 5 nitrogen and oxygen atoms in total. The topological polar surface area (TPSA) is 86.6 Å². The Hall–Kier alpha value is -2.16. The summed E-state index contributed by atoms with van der Waals surface area (Å²) in [5.74, 6) is -11.0. The fourth-order valence-corrected chi connectivity index (χ4v) is 1.11. The Morgan fingerprint density at radius 2 is 1.74 bits per heavy atom. The Bertz CT molecular complexity index is 535. The fraction of sp³-hybridized carbons (Fsp3) is 0.200. The number of benzene rings is 1. The lowest BCUT2D eigenvalue weighted by atomic mass is 10.1. The van der Waals surface area contributed by atoms with Gasteiger partial charge >= 0.3 is 5.97 Å². The van der Waals surface area contributed by atoms with E-state index in [0.717, 1.165) is 0 Å². The molecule has 104 valence electrons. The standard InChI is InChI=1S/C10H7F4NO4/c11-4-1-3(6(12)8(14)7(4)13)9(17)15-2-5(16)10(18)19/h1,5,16H,2H2,(H,15,17)(H,18,19). The molecule has 1 unspecified atom stereocenters. The first kappa shape index (κ1) is 14.9. The molecule has 19 heavy (non-hydrogen) atoms. The van der Waals surface area contributed by atoms with E-state index in [-0.39, 0.29) is 6.07 Å². The lowest BCUT2D eigenvalue weighted by molar-refractivity contribution is -0.146. The van der Waals surface area contributed by atoms with Crippen molar-refractivity contribution in [1.82, 2.24) is 5.32 Å². The summed E-state index contributed by atoms with van der Waals surface area (Å²) in [5.41, 5.74) is -1.14. The van der Waals surface area contributed by atoms with Crippen molar-refractivity contribution in [3.05, 3.63) is 34.9 Å². The molecular formula is C10H7F4NO4. The Balaban J connectivity index is 2.92. The highest BCUT2D eigenvalue weighted by Gasteiger charge is 2.23. The SMILES string of the molecule is O=C(NCC(O)C(=O)O)c1cc(F)c(F)c(F)c1F. The summed E-state index contributed by atoms with van der Waals surface area (Å²) < 4.78 is 51.4. The molecule has 1 amide bonds. The van der Waals surface area contributed by atoms with Crippen LogP contribution in [-0.4, -0.2) is 34.7 Å². The molecule has 1 rings (SSSR count). The molecule has 0 aliphatic rings. The number of aliphatic hydroxyl groups excluding tert-OH is 1. The summed E-state index contributed by atoms with van der Waals surface area (Å²) >= 11 is 0. The first-order chi connectivity index (χ1) is 8.75. The summed E-state index contributed by atoms with van der Waals surface area (Å²) in [4.78, 5) is 21.5. The minimum Gasteiger partial charge on any atom is -0.479 e. The third-order valence-electron chi connectivity index (χ3n) is 2.09. The van der Waals surface area contributed by atoms with Gasteiger partial charge in [-0.15, -0.1) is 0 Å². The van der Waals surface area contributed by atoms with Crippen LogP contribution >= 0.6 is 0 Å². The number of carboxylic acids is 1. The number of aliphatic hydroxyl groups is 1. The van der Waals surface area contributed by atoms with E-state index in [1.165, 1.54) is 0 Å². The van der Waals surface area contributed by atoms with Gasteiger partial charge in [0.1, 0.15) is 0 Å². The number of amides is 1.